The summed E-state index contributed by atoms with van der Waals surface area (Å²) in [5.74, 6) is 1.55. The van der Waals surface area contributed by atoms with Gasteiger partial charge in [-0.3, -0.25) is 0 Å². The van der Waals surface area contributed by atoms with Gasteiger partial charge in [-0.1, -0.05) is 27.5 Å². The maximum Gasteiger partial charge on any atom is 0.231 e. The fourth-order valence-corrected chi connectivity index (χ4v) is 2.48. The topological polar surface area (TPSA) is 30.5 Å². The molecule has 2 aromatic carbocycles. The average molecular weight is 341 g/mol. The Balaban J connectivity index is 1.74. The van der Waals surface area contributed by atoms with Gasteiger partial charge in [0, 0.05) is 27.8 Å². The zero-order valence-electron chi connectivity index (χ0n) is 9.95. The van der Waals surface area contributed by atoms with Crippen LogP contribution in [0.15, 0.2) is 40.9 Å². The van der Waals surface area contributed by atoms with Crippen molar-refractivity contribution in [3.05, 3.63) is 51.5 Å². The zero-order valence-corrected chi connectivity index (χ0v) is 12.3. The van der Waals surface area contributed by atoms with Crippen LogP contribution in [-0.4, -0.2) is 6.79 Å². The first kappa shape index (κ1) is 12.6. The monoisotopic (exact) mass is 339 g/mol. The van der Waals surface area contributed by atoms with E-state index in [1.54, 1.807) is 0 Å². The smallest absolute Gasteiger partial charge is 0.231 e. The number of fused-ring (bicyclic) bond motifs is 1. The Kier molecular flexibility index (Phi) is 3.53. The summed E-state index contributed by atoms with van der Waals surface area (Å²) in [5.41, 5.74) is 2.01. The van der Waals surface area contributed by atoms with E-state index in [2.05, 4.69) is 21.2 Å². The highest BCUT2D eigenvalue weighted by Crippen LogP contribution is 2.34. The summed E-state index contributed by atoms with van der Waals surface area (Å²) >= 11 is 9.59. The minimum absolute atomic E-state index is 0.288. The lowest BCUT2D eigenvalue weighted by atomic mass is 10.2. The van der Waals surface area contributed by atoms with Gasteiger partial charge in [0.2, 0.25) is 6.79 Å². The van der Waals surface area contributed by atoms with Crippen molar-refractivity contribution < 1.29 is 9.47 Å². The summed E-state index contributed by atoms with van der Waals surface area (Å²) < 4.78 is 11.6. The molecule has 0 aromatic heterocycles. The lowest BCUT2D eigenvalue weighted by molar-refractivity contribution is 0.174. The Bertz CT molecular complexity index is 618. The molecule has 3 nitrogen and oxygen atoms in total. The van der Waals surface area contributed by atoms with Gasteiger partial charge in [-0.2, -0.15) is 0 Å². The van der Waals surface area contributed by atoms with Gasteiger partial charge in [-0.25, -0.2) is 0 Å². The molecular formula is C14H11BrClNO2. The second-order valence-electron chi connectivity index (χ2n) is 4.16. The van der Waals surface area contributed by atoms with Gasteiger partial charge in [0.15, 0.2) is 11.5 Å². The van der Waals surface area contributed by atoms with Crippen LogP contribution < -0.4 is 14.8 Å². The van der Waals surface area contributed by atoms with Crippen molar-refractivity contribution in [1.29, 1.82) is 0 Å². The number of hydrogen-bond donors (Lipinski definition) is 1. The average Bonchev–Trinajstić information content (AvgIpc) is 2.87. The van der Waals surface area contributed by atoms with E-state index < -0.39 is 0 Å². The van der Waals surface area contributed by atoms with E-state index >= 15 is 0 Å². The molecule has 1 heterocycles. The van der Waals surface area contributed by atoms with Crippen LogP contribution in [0.25, 0.3) is 0 Å². The standard InChI is InChI=1S/C14H11BrClNO2/c15-10-1-3-12(16)9(5-10)7-17-11-2-4-13-14(6-11)19-8-18-13/h1-6,17H,7-8H2. The van der Waals surface area contributed by atoms with E-state index in [-0.39, 0.29) is 6.79 Å². The van der Waals surface area contributed by atoms with Crippen molar-refractivity contribution in [2.45, 2.75) is 6.54 Å². The molecule has 2 aromatic rings. The molecule has 3 rings (SSSR count). The lowest BCUT2D eigenvalue weighted by Crippen LogP contribution is -2.00. The second kappa shape index (κ2) is 5.31. The highest BCUT2D eigenvalue weighted by molar-refractivity contribution is 9.10. The summed E-state index contributed by atoms with van der Waals surface area (Å²) in [5, 5.41) is 4.06. The van der Waals surface area contributed by atoms with Crippen molar-refractivity contribution in [2.24, 2.45) is 0 Å². The van der Waals surface area contributed by atoms with Gasteiger partial charge in [0.1, 0.15) is 0 Å². The molecular weight excluding hydrogens is 330 g/mol. The predicted octanol–water partition coefficient (Wildman–Crippen LogP) is 4.44. The van der Waals surface area contributed by atoms with E-state index in [9.17, 15) is 0 Å². The SMILES string of the molecule is Clc1ccc(Br)cc1CNc1ccc2c(c1)OCO2. The first-order valence-corrected chi connectivity index (χ1v) is 6.97. The van der Waals surface area contributed by atoms with E-state index in [1.165, 1.54) is 0 Å². The van der Waals surface area contributed by atoms with E-state index in [0.29, 0.717) is 6.54 Å². The number of halogens is 2. The fraction of sp³-hybridized carbons (Fsp3) is 0.143. The molecule has 1 aliphatic rings. The molecule has 0 unspecified atom stereocenters. The highest BCUT2D eigenvalue weighted by Gasteiger charge is 2.13. The normalized spacial score (nSPS) is 12.5. The van der Waals surface area contributed by atoms with Crippen molar-refractivity contribution in [1.82, 2.24) is 0 Å². The molecule has 5 heteroatoms. The Labute approximate surface area is 124 Å². The quantitative estimate of drug-likeness (QED) is 0.896. The van der Waals surface area contributed by atoms with Crippen molar-refractivity contribution in [3.63, 3.8) is 0 Å². The summed E-state index contributed by atoms with van der Waals surface area (Å²) in [6, 6.07) is 11.6. The van der Waals surface area contributed by atoms with Gasteiger partial charge in [0.25, 0.3) is 0 Å². The van der Waals surface area contributed by atoms with Gasteiger partial charge in [-0.15, -0.1) is 0 Å². The van der Waals surface area contributed by atoms with Crippen LogP contribution in [0, 0.1) is 0 Å². The molecule has 0 radical (unpaired) electrons. The van der Waals surface area contributed by atoms with Crippen LogP contribution in [0.5, 0.6) is 11.5 Å². The number of ether oxygens (including phenoxy) is 2. The molecule has 0 bridgehead atoms. The minimum Gasteiger partial charge on any atom is -0.454 e. The second-order valence-corrected chi connectivity index (χ2v) is 5.48. The van der Waals surface area contributed by atoms with Gasteiger partial charge in [-0.05, 0) is 35.9 Å². The van der Waals surface area contributed by atoms with Crippen molar-refractivity contribution in [2.75, 3.05) is 12.1 Å². The van der Waals surface area contributed by atoms with Crippen LogP contribution in [0.3, 0.4) is 0 Å². The molecule has 98 valence electrons. The third-order valence-electron chi connectivity index (χ3n) is 2.86. The number of anilines is 1. The third kappa shape index (κ3) is 2.80. The summed E-state index contributed by atoms with van der Waals surface area (Å²) in [6.07, 6.45) is 0. The molecule has 0 aliphatic carbocycles. The van der Waals surface area contributed by atoms with Crippen molar-refractivity contribution >= 4 is 33.2 Å². The number of hydrogen-bond acceptors (Lipinski definition) is 3. The first-order valence-electron chi connectivity index (χ1n) is 5.80. The summed E-state index contributed by atoms with van der Waals surface area (Å²) in [7, 11) is 0. The molecule has 1 N–H and O–H groups in total. The Morgan fingerprint density at radius 3 is 2.84 bits per heavy atom. The van der Waals surface area contributed by atoms with Crippen LogP contribution in [0.1, 0.15) is 5.56 Å². The van der Waals surface area contributed by atoms with Crippen LogP contribution >= 0.6 is 27.5 Å². The molecule has 1 aliphatic heterocycles. The van der Waals surface area contributed by atoms with E-state index in [4.69, 9.17) is 21.1 Å². The first-order chi connectivity index (χ1) is 9.22. The van der Waals surface area contributed by atoms with Crippen LogP contribution in [0.4, 0.5) is 5.69 Å². The van der Waals surface area contributed by atoms with Crippen molar-refractivity contribution in [3.8, 4) is 11.5 Å². The number of rotatable bonds is 3. The molecule has 0 saturated heterocycles. The Morgan fingerprint density at radius 1 is 1.11 bits per heavy atom. The predicted molar refractivity (Wildman–Crippen MR) is 79.0 cm³/mol. The maximum absolute atomic E-state index is 6.15. The fourth-order valence-electron chi connectivity index (χ4n) is 1.88. The minimum atomic E-state index is 0.288. The van der Waals surface area contributed by atoms with Gasteiger partial charge >= 0.3 is 0 Å². The van der Waals surface area contributed by atoms with Crippen LogP contribution in [-0.2, 0) is 6.54 Å². The molecule has 0 spiro atoms. The Morgan fingerprint density at radius 2 is 1.95 bits per heavy atom. The van der Waals surface area contributed by atoms with E-state index in [0.717, 1.165) is 32.2 Å². The van der Waals surface area contributed by atoms with Gasteiger partial charge < -0.3 is 14.8 Å². The molecule has 0 fully saturated rings. The summed E-state index contributed by atoms with van der Waals surface area (Å²) in [4.78, 5) is 0. The largest absolute Gasteiger partial charge is 0.454 e. The molecule has 0 saturated carbocycles. The molecule has 0 amide bonds. The maximum atomic E-state index is 6.15. The molecule has 19 heavy (non-hydrogen) atoms. The van der Waals surface area contributed by atoms with Gasteiger partial charge in [0.05, 0.1) is 0 Å². The van der Waals surface area contributed by atoms with E-state index in [1.807, 2.05) is 36.4 Å². The number of benzene rings is 2. The third-order valence-corrected chi connectivity index (χ3v) is 3.73. The zero-order chi connectivity index (χ0) is 13.2. The Hall–Kier alpha value is -1.39. The molecule has 0 atom stereocenters. The lowest BCUT2D eigenvalue weighted by Gasteiger charge is -2.09. The highest BCUT2D eigenvalue weighted by atomic mass is 79.9. The van der Waals surface area contributed by atoms with Crippen LogP contribution in [0.2, 0.25) is 5.02 Å². The number of nitrogens with one attached hydrogen (secondary N) is 1. The summed E-state index contributed by atoms with van der Waals surface area (Å²) in [6.45, 7) is 0.939.